The van der Waals surface area contributed by atoms with E-state index in [4.69, 9.17) is 52.4 Å². The Kier molecular flexibility index (Phi) is 27.9. The number of hydrogen-bond donors (Lipinski definition) is 4. The molecule has 0 atom stereocenters. The van der Waals surface area contributed by atoms with E-state index in [1.54, 1.807) is 45.9 Å². The predicted octanol–water partition coefficient (Wildman–Crippen LogP) is 12.5. The van der Waals surface area contributed by atoms with Crippen LogP contribution in [-0.4, -0.2) is 133 Å². The van der Waals surface area contributed by atoms with Crippen molar-refractivity contribution >= 4 is 108 Å². The molecule has 2 aliphatic rings. The number of fused-ring (bicyclic) bond motifs is 3. The number of carbonyl (C=O) groups is 1. The zero-order valence-electron chi connectivity index (χ0n) is 55.1. The fourth-order valence-corrected chi connectivity index (χ4v) is 11.2. The third-order valence-corrected chi connectivity index (χ3v) is 16.7. The number of likely N-dealkylation sites (tertiary alicyclic amines) is 2. The van der Waals surface area contributed by atoms with Crippen LogP contribution in [0.5, 0.6) is 0 Å². The van der Waals surface area contributed by atoms with Crippen LogP contribution in [0.25, 0.3) is 32.7 Å². The van der Waals surface area contributed by atoms with E-state index in [-0.39, 0.29) is 11.1 Å². The standard InChI is InChI=1S/C23H30N6O.C12H20N4.C11H12ClN3.C11H11ClN2O.C8H9ClN2O.C4H6/c1-5-29-20-13-22(24-14-17(20)12-16(2)23(29)30)26-21-7-6-19(15-25-21)28(4)18-8-10-27(3)11-9-18;1-15-7-5-10(6-8-15)16(2)11-3-4-12(13)14-9-11;1-3-15-9-5-10(12)14-6-8(9)4-7(2)11(15)13;1-3-14-9-5-10(12)13-6-8(9)4-7(2)11(14)15;1-2-10-7-3-8(9)11-4-6(7)5-12;1-3-4-2/h6-7,12-15,18H,5,8-11H2,1-4H3,(H,24,25,26);3-4,9-10H,5-8H2,1-2H3,(H2,13,14);4-6,13H,3H2,1-2H3;4-6H,3H2,1-2H3;3-5H,2H2,1H3,(H,10,11);1H,4H2,2H3. The van der Waals surface area contributed by atoms with Gasteiger partial charge in [0.15, 0.2) is 6.29 Å². The fraction of sp³-hybridized carbons (Fsp3) is 0.391. The monoisotopic (exact) mass is 1310 g/mol. The molecule has 11 heterocycles. The van der Waals surface area contributed by atoms with E-state index in [1.165, 1.54) is 45.0 Å². The molecule has 2 saturated heterocycles. The van der Waals surface area contributed by atoms with Gasteiger partial charge in [-0.2, -0.15) is 0 Å². The molecular formula is C69H88Cl3N17O3. The second-order valence-electron chi connectivity index (χ2n) is 22.5. The number of aryl methyl sites for hydroxylation is 6. The molecule has 0 bridgehead atoms. The Balaban J connectivity index is 0.000000188. The number of terminal acetylenes is 1. The molecule has 9 aromatic rings. The topological polar surface area (TPSA) is 230 Å². The van der Waals surface area contributed by atoms with E-state index < -0.39 is 0 Å². The highest BCUT2D eigenvalue weighted by Gasteiger charge is 2.22. The fourth-order valence-electron chi connectivity index (χ4n) is 10.7. The number of pyridine rings is 9. The maximum atomic E-state index is 12.4. The highest BCUT2D eigenvalue weighted by Crippen LogP contribution is 2.26. The maximum Gasteiger partial charge on any atom is 0.253 e. The summed E-state index contributed by atoms with van der Waals surface area (Å²) in [4.78, 5) is 69.2. The smallest absolute Gasteiger partial charge is 0.253 e. The molecule has 0 aliphatic carbocycles. The van der Waals surface area contributed by atoms with Gasteiger partial charge in [0.25, 0.3) is 11.1 Å². The van der Waals surface area contributed by atoms with Crippen molar-refractivity contribution in [1.82, 2.24) is 53.4 Å². The number of halogens is 3. The third kappa shape index (κ3) is 19.8. The lowest BCUT2D eigenvalue weighted by molar-refractivity contribution is 0.112. The molecule has 5 N–H and O–H groups in total. The molecule has 23 heteroatoms. The molecule has 0 aromatic carbocycles. The minimum absolute atomic E-state index is 0.0345. The van der Waals surface area contributed by atoms with E-state index in [1.807, 2.05) is 115 Å². The van der Waals surface area contributed by atoms with Crippen LogP contribution in [0.1, 0.15) is 93.8 Å². The van der Waals surface area contributed by atoms with Gasteiger partial charge in [0.05, 0.1) is 45.9 Å². The first kappa shape index (κ1) is 72.6. The number of hydrogen-bond acceptors (Lipinski definition) is 17. The molecule has 9 aromatic heterocycles. The number of rotatable bonds is 12. The summed E-state index contributed by atoms with van der Waals surface area (Å²) in [6, 6.07) is 21.9. The summed E-state index contributed by atoms with van der Waals surface area (Å²) in [5.41, 5.74) is 14.8. The van der Waals surface area contributed by atoms with Crippen molar-refractivity contribution in [3.63, 3.8) is 0 Å². The average Bonchev–Trinajstić information content (AvgIpc) is 1.22. The van der Waals surface area contributed by atoms with Gasteiger partial charge in [0.2, 0.25) is 0 Å². The van der Waals surface area contributed by atoms with Gasteiger partial charge in [-0.15, -0.1) is 12.3 Å². The van der Waals surface area contributed by atoms with Crippen molar-refractivity contribution in [3.8, 4) is 12.3 Å². The third-order valence-electron chi connectivity index (χ3n) is 16.1. The molecule has 2 aliphatic heterocycles. The predicted molar refractivity (Wildman–Crippen MR) is 381 cm³/mol. The van der Waals surface area contributed by atoms with Crippen molar-refractivity contribution in [3.05, 3.63) is 168 Å². The molecule has 0 spiro atoms. The Morgan fingerprint density at radius 3 is 1.46 bits per heavy atom. The van der Waals surface area contributed by atoms with Gasteiger partial charge in [-0.25, -0.2) is 29.9 Å². The molecule has 11 rings (SSSR count). The summed E-state index contributed by atoms with van der Waals surface area (Å²) in [5, 5.41) is 18.4. The van der Waals surface area contributed by atoms with E-state index in [0.717, 1.165) is 111 Å². The van der Waals surface area contributed by atoms with Crippen molar-refractivity contribution in [2.45, 2.75) is 119 Å². The summed E-state index contributed by atoms with van der Waals surface area (Å²) in [6.07, 6.45) is 21.6. The quantitative estimate of drug-likeness (QED) is 0.0506. The van der Waals surface area contributed by atoms with Crippen molar-refractivity contribution < 1.29 is 4.79 Å². The van der Waals surface area contributed by atoms with Gasteiger partial charge in [0.1, 0.15) is 38.4 Å². The number of carbonyl (C=O) groups excluding carboxylic acids is 1. The lowest BCUT2D eigenvalue weighted by atomic mass is 10.0. The van der Waals surface area contributed by atoms with E-state index >= 15 is 0 Å². The largest absolute Gasteiger partial charge is 0.385 e. The summed E-state index contributed by atoms with van der Waals surface area (Å²) < 4.78 is 5.42. The number of aromatic nitrogens is 9. The minimum Gasteiger partial charge on any atom is -0.385 e. The molecule has 488 valence electrons. The van der Waals surface area contributed by atoms with Crippen LogP contribution >= 0.6 is 34.8 Å². The Morgan fingerprint density at radius 2 is 1.02 bits per heavy atom. The van der Waals surface area contributed by atoms with Crippen LogP contribution in [0.3, 0.4) is 0 Å². The second kappa shape index (κ2) is 35.4. The number of aldehydes is 1. The van der Waals surface area contributed by atoms with E-state index in [0.29, 0.717) is 63.3 Å². The first-order valence-corrected chi connectivity index (χ1v) is 32.1. The molecule has 92 heavy (non-hydrogen) atoms. The molecule has 2 fully saturated rings. The van der Waals surface area contributed by atoms with Crippen LogP contribution in [0.2, 0.25) is 15.5 Å². The van der Waals surface area contributed by atoms with Gasteiger partial charge >= 0.3 is 0 Å². The van der Waals surface area contributed by atoms with Crippen LogP contribution in [0.15, 0.2) is 114 Å². The lowest BCUT2D eigenvalue weighted by Gasteiger charge is -2.36. The second-order valence-corrected chi connectivity index (χ2v) is 23.7. The summed E-state index contributed by atoms with van der Waals surface area (Å²) >= 11 is 17.3. The summed E-state index contributed by atoms with van der Waals surface area (Å²) in [6.45, 7) is 22.8. The first-order chi connectivity index (χ1) is 44.1. The Morgan fingerprint density at radius 1 is 0.598 bits per heavy atom. The minimum atomic E-state index is 0.0345. The molecule has 20 nitrogen and oxygen atoms in total. The van der Waals surface area contributed by atoms with Crippen molar-refractivity contribution in [1.29, 1.82) is 5.41 Å². The Labute approximate surface area is 555 Å². The number of anilines is 6. The van der Waals surface area contributed by atoms with Crippen LogP contribution in [0, 0.1) is 38.5 Å². The zero-order valence-corrected chi connectivity index (χ0v) is 57.3. The number of nitrogens with two attached hydrogens (primary N) is 1. The molecule has 0 saturated carbocycles. The van der Waals surface area contributed by atoms with E-state index in [2.05, 4.69) is 100 Å². The van der Waals surface area contributed by atoms with E-state index in [9.17, 15) is 14.4 Å². The van der Waals surface area contributed by atoms with Gasteiger partial charge in [0, 0.05) is 123 Å². The summed E-state index contributed by atoms with van der Waals surface area (Å²) in [5.74, 6) is 4.43. The molecule has 0 radical (unpaired) electrons. The van der Waals surface area contributed by atoms with Crippen LogP contribution in [-0.2, 0) is 19.6 Å². The van der Waals surface area contributed by atoms with Crippen LogP contribution < -0.4 is 42.8 Å². The number of piperidine rings is 2. The normalized spacial score (nSPS) is 13.3. The zero-order chi connectivity index (χ0) is 67.2. The van der Waals surface area contributed by atoms with Crippen molar-refractivity contribution in [2.75, 3.05) is 87.1 Å². The maximum absolute atomic E-state index is 12.4. The van der Waals surface area contributed by atoms with Gasteiger partial charge in [-0.3, -0.25) is 19.8 Å². The lowest BCUT2D eigenvalue weighted by Crippen LogP contribution is -2.42. The molecule has 0 unspecified atom stereocenters. The van der Waals surface area contributed by atoms with Gasteiger partial charge in [-0.1, -0.05) is 41.7 Å². The number of nitrogens with zero attached hydrogens (tertiary/aromatic N) is 13. The number of nitrogen functional groups attached to an aromatic ring is 1. The first-order valence-electron chi connectivity index (χ1n) is 31.0. The Bertz CT molecular complexity index is 4010. The molecular weight excluding hydrogens is 1220 g/mol. The SMILES string of the molecule is C#CCC.CCNc1cc(Cl)ncc1C=O.CCn1c(=N)c(C)cc2cnc(Cl)cc21.CCn1c(=O)c(C)cc2cnc(Cl)cc21.CCn1c(=O)c(C)cc2cnc(Nc3ccc(N(C)C4CCN(C)CC4)cn3)cc21.CN1CCC(N(C)c2ccc(N)nc2)CC1. The highest BCUT2D eigenvalue weighted by atomic mass is 35.5. The Hall–Kier alpha value is -8.45. The highest BCUT2D eigenvalue weighted by molar-refractivity contribution is 6.30. The van der Waals surface area contributed by atoms with Gasteiger partial charge in [-0.05, 0) is 181 Å². The van der Waals surface area contributed by atoms with Crippen LogP contribution in [0.4, 0.5) is 34.5 Å². The number of nitrogens with one attached hydrogen (secondary N) is 3. The van der Waals surface area contributed by atoms with Crippen molar-refractivity contribution in [2.24, 2.45) is 0 Å². The summed E-state index contributed by atoms with van der Waals surface area (Å²) in [7, 11) is 8.65. The average molecular weight is 1310 g/mol. The van der Waals surface area contributed by atoms with Gasteiger partial charge < -0.3 is 49.7 Å². The molecule has 0 amide bonds.